The van der Waals surface area contributed by atoms with Crippen LogP contribution < -0.4 is 5.32 Å². The van der Waals surface area contributed by atoms with Gasteiger partial charge in [-0.3, -0.25) is 10.1 Å². The molecule has 102 valence electrons. The van der Waals surface area contributed by atoms with Crippen LogP contribution >= 0.6 is 11.3 Å². The van der Waals surface area contributed by atoms with E-state index in [-0.39, 0.29) is 12.2 Å². The summed E-state index contributed by atoms with van der Waals surface area (Å²) < 4.78 is 5.73. The first kappa shape index (κ1) is 12.5. The molecule has 20 heavy (non-hydrogen) atoms. The number of thiazole rings is 1. The minimum absolute atomic E-state index is 0.0417. The molecule has 2 heterocycles. The quantitative estimate of drug-likeness (QED) is 0.581. The van der Waals surface area contributed by atoms with E-state index in [1.807, 2.05) is 0 Å². The zero-order valence-corrected chi connectivity index (χ0v) is 11.2. The number of benzene rings is 1. The number of hydrogen-bond acceptors (Lipinski definition) is 8. The third kappa shape index (κ3) is 2.18. The summed E-state index contributed by atoms with van der Waals surface area (Å²) in [6.45, 7) is 1.92. The third-order valence-electron chi connectivity index (χ3n) is 2.66. The first-order valence-corrected chi connectivity index (χ1v) is 6.57. The second-order valence-corrected chi connectivity index (χ2v) is 4.89. The van der Waals surface area contributed by atoms with Crippen LogP contribution in [0.3, 0.4) is 0 Å². The number of rotatable bonds is 4. The summed E-state index contributed by atoms with van der Waals surface area (Å²) in [5.41, 5.74) is 2.30. The molecule has 0 radical (unpaired) electrons. The van der Waals surface area contributed by atoms with Crippen molar-refractivity contribution in [2.45, 2.75) is 13.5 Å². The highest BCUT2D eigenvalue weighted by Crippen LogP contribution is 2.34. The Bertz CT molecular complexity index is 781. The molecule has 0 bridgehead atoms. The predicted molar refractivity (Wildman–Crippen MR) is 72.6 cm³/mol. The van der Waals surface area contributed by atoms with E-state index in [0.29, 0.717) is 22.9 Å². The lowest BCUT2D eigenvalue weighted by Gasteiger charge is -2.04. The minimum atomic E-state index is -0.441. The van der Waals surface area contributed by atoms with Crippen LogP contribution in [0.25, 0.3) is 10.2 Å². The van der Waals surface area contributed by atoms with E-state index in [4.69, 9.17) is 4.52 Å². The molecule has 1 aromatic carbocycles. The van der Waals surface area contributed by atoms with Crippen molar-refractivity contribution in [2.75, 3.05) is 5.32 Å². The summed E-state index contributed by atoms with van der Waals surface area (Å²) in [6.07, 6.45) is 0. The van der Waals surface area contributed by atoms with Crippen LogP contribution in [-0.2, 0) is 6.54 Å². The molecule has 1 N–H and O–H groups in total. The lowest BCUT2D eigenvalue weighted by atomic mass is 10.2. The van der Waals surface area contributed by atoms with Gasteiger partial charge in [0.2, 0.25) is 5.89 Å². The summed E-state index contributed by atoms with van der Waals surface area (Å²) in [5, 5.41) is 17.8. The zero-order valence-electron chi connectivity index (χ0n) is 10.4. The van der Waals surface area contributed by atoms with Crippen LogP contribution in [0.2, 0.25) is 0 Å². The maximum Gasteiger partial charge on any atom is 0.319 e. The van der Waals surface area contributed by atoms with Gasteiger partial charge in [-0.1, -0.05) is 5.16 Å². The van der Waals surface area contributed by atoms with Gasteiger partial charge in [-0.05, 0) is 19.1 Å². The molecule has 0 aliphatic rings. The van der Waals surface area contributed by atoms with Crippen molar-refractivity contribution in [3.8, 4) is 0 Å². The van der Waals surface area contributed by atoms with Crippen LogP contribution in [0.4, 0.5) is 11.4 Å². The van der Waals surface area contributed by atoms with E-state index in [0.717, 1.165) is 4.70 Å². The molecule has 2 aromatic heterocycles. The number of nitro benzene ring substituents is 1. The van der Waals surface area contributed by atoms with Gasteiger partial charge in [0.05, 0.1) is 21.7 Å². The van der Waals surface area contributed by atoms with Gasteiger partial charge < -0.3 is 9.84 Å². The topological polar surface area (TPSA) is 107 Å². The second kappa shape index (κ2) is 4.85. The monoisotopic (exact) mass is 291 g/mol. The Morgan fingerprint density at radius 3 is 3.05 bits per heavy atom. The highest BCUT2D eigenvalue weighted by atomic mass is 32.1. The molecule has 3 rings (SSSR count). The van der Waals surface area contributed by atoms with Gasteiger partial charge in [-0.25, -0.2) is 4.98 Å². The summed E-state index contributed by atoms with van der Waals surface area (Å²) >= 11 is 1.36. The standard InChI is InChI=1S/C11H9N5O3S/c1-6-14-9(19-15-6)4-12-7-2-3-8-10(13-5-20-8)11(7)16(17)18/h2-3,5,12H,4H2,1H3. The van der Waals surface area contributed by atoms with Gasteiger partial charge in [-0.2, -0.15) is 4.98 Å². The van der Waals surface area contributed by atoms with Gasteiger partial charge in [0.1, 0.15) is 5.69 Å². The fourth-order valence-electron chi connectivity index (χ4n) is 1.83. The zero-order chi connectivity index (χ0) is 14.1. The number of aromatic nitrogens is 3. The van der Waals surface area contributed by atoms with Gasteiger partial charge in [0.15, 0.2) is 11.3 Å². The number of fused-ring (bicyclic) bond motifs is 1. The summed E-state index contributed by atoms with van der Waals surface area (Å²) in [6, 6.07) is 3.45. The fourth-order valence-corrected chi connectivity index (χ4v) is 2.51. The molecule has 0 aliphatic carbocycles. The number of nitrogens with zero attached hydrogens (tertiary/aromatic N) is 4. The van der Waals surface area contributed by atoms with Crippen molar-refractivity contribution < 1.29 is 9.45 Å². The van der Waals surface area contributed by atoms with E-state index >= 15 is 0 Å². The van der Waals surface area contributed by atoms with Crippen molar-refractivity contribution in [1.82, 2.24) is 15.1 Å². The molecule has 0 unspecified atom stereocenters. The first-order chi connectivity index (χ1) is 9.65. The van der Waals surface area contributed by atoms with E-state index < -0.39 is 4.92 Å². The normalized spacial score (nSPS) is 10.8. The van der Waals surface area contributed by atoms with Crippen LogP contribution in [0.1, 0.15) is 11.7 Å². The highest BCUT2D eigenvalue weighted by Gasteiger charge is 2.20. The molecule has 0 amide bonds. The molecule has 0 fully saturated rings. The predicted octanol–water partition coefficient (Wildman–Crippen LogP) is 2.51. The molecule has 0 aliphatic heterocycles. The Morgan fingerprint density at radius 2 is 2.35 bits per heavy atom. The largest absolute Gasteiger partial charge is 0.370 e. The Labute approximate surface area is 116 Å². The molecule has 0 atom stereocenters. The van der Waals surface area contributed by atoms with Crippen molar-refractivity contribution in [1.29, 1.82) is 0 Å². The average molecular weight is 291 g/mol. The maximum absolute atomic E-state index is 11.2. The van der Waals surface area contributed by atoms with E-state index in [1.54, 1.807) is 24.6 Å². The van der Waals surface area contributed by atoms with Crippen LogP contribution in [-0.4, -0.2) is 20.0 Å². The summed E-state index contributed by atoms with van der Waals surface area (Å²) in [4.78, 5) is 18.9. The summed E-state index contributed by atoms with van der Waals surface area (Å²) in [7, 11) is 0. The fraction of sp³-hybridized carbons (Fsp3) is 0.182. The maximum atomic E-state index is 11.2. The third-order valence-corrected chi connectivity index (χ3v) is 3.45. The molecule has 0 spiro atoms. The molecular weight excluding hydrogens is 282 g/mol. The van der Waals surface area contributed by atoms with Gasteiger partial charge in [0.25, 0.3) is 0 Å². The number of anilines is 1. The minimum Gasteiger partial charge on any atom is -0.370 e. The van der Waals surface area contributed by atoms with E-state index in [9.17, 15) is 10.1 Å². The van der Waals surface area contributed by atoms with Crippen molar-refractivity contribution >= 4 is 32.9 Å². The van der Waals surface area contributed by atoms with Gasteiger partial charge in [-0.15, -0.1) is 11.3 Å². The Morgan fingerprint density at radius 1 is 1.50 bits per heavy atom. The number of nitro groups is 1. The molecule has 0 saturated heterocycles. The van der Waals surface area contributed by atoms with Gasteiger partial charge in [0, 0.05) is 0 Å². The number of hydrogen-bond donors (Lipinski definition) is 1. The Kier molecular flexibility index (Phi) is 3.03. The molecule has 0 saturated carbocycles. The molecular formula is C11H9N5O3S. The molecule has 3 aromatic rings. The molecule has 8 nitrogen and oxygen atoms in total. The SMILES string of the molecule is Cc1noc(CNc2ccc3scnc3c2[N+](=O)[O-])n1. The van der Waals surface area contributed by atoms with Crippen LogP contribution in [0.5, 0.6) is 0 Å². The number of aryl methyl sites for hydroxylation is 1. The van der Waals surface area contributed by atoms with Crippen LogP contribution in [0, 0.1) is 17.0 Å². The second-order valence-electron chi connectivity index (χ2n) is 4.01. The van der Waals surface area contributed by atoms with Crippen LogP contribution in [0.15, 0.2) is 22.2 Å². The Balaban J connectivity index is 1.94. The first-order valence-electron chi connectivity index (χ1n) is 5.69. The van der Waals surface area contributed by atoms with Crippen molar-refractivity contribution in [3.63, 3.8) is 0 Å². The summed E-state index contributed by atoms with van der Waals surface area (Å²) in [5.74, 6) is 0.890. The van der Waals surface area contributed by atoms with Crippen molar-refractivity contribution in [2.24, 2.45) is 0 Å². The lowest BCUT2D eigenvalue weighted by Crippen LogP contribution is -2.03. The average Bonchev–Trinajstić information content (AvgIpc) is 3.03. The van der Waals surface area contributed by atoms with E-state index in [1.165, 1.54) is 11.3 Å². The molecule has 9 heteroatoms. The number of nitrogens with one attached hydrogen (secondary N) is 1. The van der Waals surface area contributed by atoms with Gasteiger partial charge >= 0.3 is 5.69 Å². The smallest absolute Gasteiger partial charge is 0.319 e. The van der Waals surface area contributed by atoms with E-state index in [2.05, 4.69) is 20.4 Å². The van der Waals surface area contributed by atoms with Crippen molar-refractivity contribution in [3.05, 3.63) is 39.5 Å². The Hall–Kier alpha value is -2.55. The highest BCUT2D eigenvalue weighted by molar-refractivity contribution is 7.16. The lowest BCUT2D eigenvalue weighted by molar-refractivity contribution is -0.382.